The molecule has 7 atom stereocenters. The molecule has 2 aliphatic rings. The van der Waals surface area contributed by atoms with Gasteiger partial charge in [-0.2, -0.15) is 0 Å². The second-order valence-electron chi connectivity index (χ2n) is 8.40. The van der Waals surface area contributed by atoms with Crippen LogP contribution < -0.4 is 0 Å². The summed E-state index contributed by atoms with van der Waals surface area (Å²) in [5, 5.41) is 59.7. The molecule has 2 fully saturated rings. The zero-order valence-electron chi connectivity index (χ0n) is 18.3. The number of esters is 2. The van der Waals surface area contributed by atoms with E-state index in [0.717, 1.165) is 6.08 Å². The Bertz CT molecular complexity index is 917. The summed E-state index contributed by atoms with van der Waals surface area (Å²) in [7, 11) is 0. The van der Waals surface area contributed by atoms with E-state index in [1.165, 1.54) is 24.3 Å². The van der Waals surface area contributed by atoms with E-state index in [-0.39, 0.29) is 31.1 Å². The SMILES string of the molecule is CC(CO[C@@H]1O[C@H](COC(=O)/C=C/c2ccc(O)c(O)c2)[C@@H](O)[C@H](O)[C@H]1O)C1(O)COC(=O)C1. The molecule has 1 aromatic carbocycles. The predicted octanol–water partition coefficient (Wildman–Crippen LogP) is -1.21. The third-order valence-corrected chi connectivity index (χ3v) is 5.83. The number of hydrogen-bond donors (Lipinski definition) is 6. The van der Waals surface area contributed by atoms with Gasteiger partial charge >= 0.3 is 11.9 Å². The maximum absolute atomic E-state index is 12.0. The van der Waals surface area contributed by atoms with Gasteiger partial charge in [0.25, 0.3) is 0 Å². The largest absolute Gasteiger partial charge is 0.504 e. The summed E-state index contributed by atoms with van der Waals surface area (Å²) < 4.78 is 20.8. The number of carbonyl (C=O) groups is 2. The van der Waals surface area contributed by atoms with Crippen molar-refractivity contribution in [2.75, 3.05) is 19.8 Å². The molecule has 34 heavy (non-hydrogen) atoms. The normalized spacial score (nSPS) is 32.5. The molecule has 0 bridgehead atoms. The van der Waals surface area contributed by atoms with Gasteiger partial charge in [0.15, 0.2) is 17.8 Å². The Labute approximate surface area is 194 Å². The third kappa shape index (κ3) is 6.03. The van der Waals surface area contributed by atoms with E-state index in [2.05, 4.69) is 0 Å². The molecule has 6 N–H and O–H groups in total. The van der Waals surface area contributed by atoms with Crippen LogP contribution in [-0.4, -0.2) is 98.7 Å². The van der Waals surface area contributed by atoms with E-state index in [1.807, 2.05) is 0 Å². The molecule has 3 rings (SSSR count). The highest BCUT2D eigenvalue weighted by Gasteiger charge is 2.47. The lowest BCUT2D eigenvalue weighted by molar-refractivity contribution is -0.305. The monoisotopic (exact) mass is 484 g/mol. The summed E-state index contributed by atoms with van der Waals surface area (Å²) in [4.78, 5) is 23.3. The zero-order chi connectivity index (χ0) is 25.0. The van der Waals surface area contributed by atoms with E-state index in [0.29, 0.717) is 5.56 Å². The highest BCUT2D eigenvalue weighted by molar-refractivity contribution is 5.87. The quantitative estimate of drug-likeness (QED) is 0.147. The zero-order valence-corrected chi connectivity index (χ0v) is 18.3. The summed E-state index contributed by atoms with van der Waals surface area (Å²) in [6.45, 7) is 0.784. The minimum Gasteiger partial charge on any atom is -0.504 e. The number of cyclic esters (lactones) is 1. The second kappa shape index (κ2) is 10.7. The summed E-state index contributed by atoms with van der Waals surface area (Å²) in [6, 6.07) is 3.94. The molecule has 0 saturated carbocycles. The molecule has 0 spiro atoms. The number of aromatic hydroxyl groups is 2. The topological polar surface area (TPSA) is 192 Å². The number of benzene rings is 1. The molecule has 12 nitrogen and oxygen atoms in total. The molecule has 2 heterocycles. The first-order valence-electron chi connectivity index (χ1n) is 10.6. The van der Waals surface area contributed by atoms with Crippen LogP contribution in [-0.2, 0) is 28.5 Å². The number of phenolic OH excluding ortho intramolecular Hbond substituents is 2. The first kappa shape index (κ1) is 25.9. The highest BCUT2D eigenvalue weighted by Crippen LogP contribution is 2.30. The van der Waals surface area contributed by atoms with E-state index < -0.39 is 60.8 Å². The van der Waals surface area contributed by atoms with Crippen LogP contribution in [0.4, 0.5) is 0 Å². The predicted molar refractivity (Wildman–Crippen MR) is 112 cm³/mol. The molecular formula is C22H28O12. The number of carbonyl (C=O) groups excluding carboxylic acids is 2. The number of rotatable bonds is 8. The van der Waals surface area contributed by atoms with Crippen LogP contribution in [0.25, 0.3) is 6.08 Å². The van der Waals surface area contributed by atoms with E-state index in [9.17, 15) is 40.2 Å². The van der Waals surface area contributed by atoms with Crippen molar-refractivity contribution in [2.24, 2.45) is 5.92 Å². The maximum Gasteiger partial charge on any atom is 0.330 e. The molecule has 2 saturated heterocycles. The molecular weight excluding hydrogens is 456 g/mol. The molecule has 188 valence electrons. The Kier molecular flexibility index (Phi) is 8.13. The molecule has 1 aromatic rings. The number of aliphatic hydroxyl groups excluding tert-OH is 3. The maximum atomic E-state index is 12.0. The van der Waals surface area contributed by atoms with Crippen LogP contribution >= 0.6 is 0 Å². The van der Waals surface area contributed by atoms with Crippen LogP contribution in [0.3, 0.4) is 0 Å². The molecule has 12 heteroatoms. The Morgan fingerprint density at radius 2 is 1.94 bits per heavy atom. The van der Waals surface area contributed by atoms with Gasteiger partial charge in [0.2, 0.25) is 0 Å². The van der Waals surface area contributed by atoms with Gasteiger partial charge < -0.3 is 49.6 Å². The molecule has 0 aliphatic carbocycles. The van der Waals surface area contributed by atoms with Crippen molar-refractivity contribution in [3.63, 3.8) is 0 Å². The van der Waals surface area contributed by atoms with Crippen LogP contribution in [0.15, 0.2) is 24.3 Å². The standard InChI is InChI=1S/C22H28O12/c1-11(22(30)7-17(26)33-10-22)8-32-21-20(29)19(28)18(27)15(34-21)9-31-16(25)5-3-12-2-4-13(23)14(24)6-12/h2-6,11,15,18-21,23-24,27-30H,7-10H2,1H3/b5-3+/t11?,15-,18-,19+,20-,21-,22?/m1/s1. The van der Waals surface area contributed by atoms with Gasteiger partial charge in [-0.15, -0.1) is 0 Å². The van der Waals surface area contributed by atoms with Crippen LogP contribution in [0, 0.1) is 5.92 Å². The van der Waals surface area contributed by atoms with Crippen molar-refractivity contribution < 1.29 is 59.2 Å². The van der Waals surface area contributed by atoms with Crippen molar-refractivity contribution in [3.05, 3.63) is 29.8 Å². The molecule has 0 amide bonds. The fourth-order valence-corrected chi connectivity index (χ4v) is 3.48. The summed E-state index contributed by atoms with van der Waals surface area (Å²) >= 11 is 0. The first-order valence-corrected chi connectivity index (χ1v) is 10.6. The van der Waals surface area contributed by atoms with Crippen LogP contribution in [0.5, 0.6) is 11.5 Å². The van der Waals surface area contributed by atoms with Crippen molar-refractivity contribution in [1.82, 2.24) is 0 Å². The second-order valence-corrected chi connectivity index (χ2v) is 8.40. The Morgan fingerprint density at radius 3 is 2.59 bits per heavy atom. The molecule has 2 unspecified atom stereocenters. The van der Waals surface area contributed by atoms with Crippen LogP contribution in [0.1, 0.15) is 18.9 Å². The fourth-order valence-electron chi connectivity index (χ4n) is 3.48. The van der Waals surface area contributed by atoms with Crippen molar-refractivity contribution in [2.45, 2.75) is 49.7 Å². The minimum atomic E-state index is -1.66. The number of ether oxygens (including phenoxy) is 4. The van der Waals surface area contributed by atoms with Crippen molar-refractivity contribution >= 4 is 18.0 Å². The summed E-state index contributed by atoms with van der Waals surface area (Å²) in [6.07, 6.45) is -5.32. The Hall–Kier alpha value is -2.74. The van der Waals surface area contributed by atoms with Crippen molar-refractivity contribution in [3.8, 4) is 11.5 Å². The van der Waals surface area contributed by atoms with E-state index >= 15 is 0 Å². The molecule has 0 radical (unpaired) electrons. The lowest BCUT2D eigenvalue weighted by atomic mass is 9.88. The van der Waals surface area contributed by atoms with Gasteiger partial charge in [0.05, 0.1) is 13.0 Å². The van der Waals surface area contributed by atoms with Crippen molar-refractivity contribution in [1.29, 1.82) is 0 Å². The van der Waals surface area contributed by atoms with Gasteiger partial charge in [0, 0.05) is 12.0 Å². The van der Waals surface area contributed by atoms with Gasteiger partial charge in [-0.1, -0.05) is 13.0 Å². The Morgan fingerprint density at radius 1 is 1.21 bits per heavy atom. The van der Waals surface area contributed by atoms with E-state index in [1.54, 1.807) is 6.92 Å². The van der Waals surface area contributed by atoms with Gasteiger partial charge in [-0.25, -0.2) is 4.79 Å². The fraction of sp³-hybridized carbons (Fsp3) is 0.545. The smallest absolute Gasteiger partial charge is 0.330 e. The first-order chi connectivity index (χ1) is 16.0. The number of hydrogen-bond acceptors (Lipinski definition) is 12. The van der Waals surface area contributed by atoms with E-state index in [4.69, 9.17) is 18.9 Å². The third-order valence-electron chi connectivity index (χ3n) is 5.83. The van der Waals surface area contributed by atoms with Gasteiger partial charge in [-0.05, 0) is 23.8 Å². The molecule has 2 aliphatic heterocycles. The van der Waals surface area contributed by atoms with Gasteiger partial charge in [0.1, 0.15) is 43.2 Å². The highest BCUT2D eigenvalue weighted by atomic mass is 16.7. The average molecular weight is 484 g/mol. The average Bonchev–Trinajstić information content (AvgIpc) is 3.16. The summed E-state index contributed by atoms with van der Waals surface area (Å²) in [5.41, 5.74) is -1.02. The number of phenols is 2. The minimum absolute atomic E-state index is 0.160. The Balaban J connectivity index is 1.53. The lowest BCUT2D eigenvalue weighted by Gasteiger charge is -2.40. The summed E-state index contributed by atoms with van der Waals surface area (Å²) in [5.74, 6) is -2.61. The van der Waals surface area contributed by atoms with Gasteiger partial charge in [-0.3, -0.25) is 4.79 Å². The van der Waals surface area contributed by atoms with Crippen LogP contribution in [0.2, 0.25) is 0 Å². The lowest BCUT2D eigenvalue weighted by Crippen LogP contribution is -2.59. The molecule has 0 aromatic heterocycles. The number of aliphatic hydroxyl groups is 4.